The number of carbonyl (C=O) groups excluding carboxylic acids is 1. The zero-order valence-corrected chi connectivity index (χ0v) is 14.8. The molecule has 3 rings (SSSR count). The lowest BCUT2D eigenvalue weighted by molar-refractivity contribution is -0.118. The maximum Gasteiger partial charge on any atom is 0.240 e. The van der Waals surface area contributed by atoms with Crippen molar-refractivity contribution >= 4 is 21.6 Å². The van der Waals surface area contributed by atoms with Gasteiger partial charge in [0.25, 0.3) is 0 Å². The molecule has 6 nitrogen and oxygen atoms in total. The van der Waals surface area contributed by atoms with Crippen LogP contribution in [0.2, 0.25) is 0 Å². The number of amides is 1. The van der Waals surface area contributed by atoms with Crippen LogP contribution >= 0.6 is 0 Å². The van der Waals surface area contributed by atoms with Crippen LogP contribution in [0.4, 0.5) is 5.69 Å². The van der Waals surface area contributed by atoms with Crippen molar-refractivity contribution in [3.05, 3.63) is 54.1 Å². The van der Waals surface area contributed by atoms with E-state index < -0.39 is 10.0 Å². The summed E-state index contributed by atoms with van der Waals surface area (Å²) in [5.74, 6) is 0.532. The molecule has 1 aliphatic heterocycles. The quantitative estimate of drug-likeness (QED) is 0.886. The van der Waals surface area contributed by atoms with Gasteiger partial charge in [0.1, 0.15) is 12.4 Å². The van der Waals surface area contributed by atoms with Gasteiger partial charge in [0.15, 0.2) is 0 Å². The van der Waals surface area contributed by atoms with Crippen LogP contribution < -0.4 is 14.4 Å². The molecular formula is C18H20N2O4S. The van der Waals surface area contributed by atoms with Gasteiger partial charge in [-0.2, -0.15) is 0 Å². The van der Waals surface area contributed by atoms with E-state index in [9.17, 15) is 13.2 Å². The Bertz CT molecular complexity index is 863. The lowest BCUT2D eigenvalue weighted by atomic mass is 10.2. The molecule has 0 bridgehead atoms. The molecule has 0 radical (unpaired) electrons. The molecule has 0 saturated carbocycles. The second-order valence-corrected chi connectivity index (χ2v) is 7.59. The maximum absolute atomic E-state index is 12.5. The Morgan fingerprint density at radius 3 is 2.64 bits per heavy atom. The molecule has 7 heteroatoms. The molecule has 0 spiro atoms. The van der Waals surface area contributed by atoms with Crippen molar-refractivity contribution < 1.29 is 17.9 Å². The highest BCUT2D eigenvalue weighted by Gasteiger charge is 2.23. The first-order valence-electron chi connectivity index (χ1n) is 8.06. The largest absolute Gasteiger partial charge is 0.490 e. The fourth-order valence-electron chi connectivity index (χ4n) is 2.66. The summed E-state index contributed by atoms with van der Waals surface area (Å²) in [7, 11) is -3.61. The SMILES string of the molecule is Cc1ccc(S(=O)(=O)NCCC(=O)N2CCOc3ccccc32)cc1. The molecule has 1 amide bonds. The van der Waals surface area contributed by atoms with Crippen LogP contribution in [0.1, 0.15) is 12.0 Å². The van der Waals surface area contributed by atoms with E-state index >= 15 is 0 Å². The van der Waals surface area contributed by atoms with E-state index in [2.05, 4.69) is 4.72 Å². The fourth-order valence-corrected chi connectivity index (χ4v) is 3.69. The number of carbonyl (C=O) groups is 1. The van der Waals surface area contributed by atoms with Gasteiger partial charge >= 0.3 is 0 Å². The van der Waals surface area contributed by atoms with Crippen molar-refractivity contribution in [1.82, 2.24) is 4.72 Å². The first-order valence-corrected chi connectivity index (χ1v) is 9.54. The topological polar surface area (TPSA) is 75.7 Å². The number of aryl methyl sites for hydroxylation is 1. The van der Waals surface area contributed by atoms with Crippen LogP contribution in [0.3, 0.4) is 0 Å². The predicted molar refractivity (Wildman–Crippen MR) is 95.3 cm³/mol. The van der Waals surface area contributed by atoms with E-state index in [0.29, 0.717) is 18.9 Å². The van der Waals surface area contributed by atoms with E-state index in [1.54, 1.807) is 29.2 Å². The molecule has 2 aromatic rings. The van der Waals surface area contributed by atoms with Crippen LogP contribution in [0.5, 0.6) is 5.75 Å². The first kappa shape index (κ1) is 17.4. The van der Waals surface area contributed by atoms with E-state index in [4.69, 9.17) is 4.74 Å². The maximum atomic E-state index is 12.5. The summed E-state index contributed by atoms with van der Waals surface area (Å²) in [6, 6.07) is 13.9. The van der Waals surface area contributed by atoms with Gasteiger partial charge in [-0.25, -0.2) is 13.1 Å². The highest BCUT2D eigenvalue weighted by molar-refractivity contribution is 7.89. The monoisotopic (exact) mass is 360 g/mol. The summed E-state index contributed by atoms with van der Waals surface area (Å²) in [4.78, 5) is 14.3. The molecule has 0 atom stereocenters. The lowest BCUT2D eigenvalue weighted by Gasteiger charge is -2.29. The Labute approximate surface area is 147 Å². The van der Waals surface area contributed by atoms with Crippen LogP contribution in [-0.4, -0.2) is 34.0 Å². The van der Waals surface area contributed by atoms with Gasteiger partial charge in [-0.3, -0.25) is 4.79 Å². The first-order chi connectivity index (χ1) is 12.0. The molecule has 0 aromatic heterocycles. The summed E-state index contributed by atoms with van der Waals surface area (Å²) in [6.45, 7) is 2.83. The van der Waals surface area contributed by atoms with Crippen molar-refractivity contribution in [1.29, 1.82) is 0 Å². The molecule has 25 heavy (non-hydrogen) atoms. The summed E-state index contributed by atoms with van der Waals surface area (Å²) < 4.78 is 32.5. The Kier molecular flexibility index (Phi) is 5.06. The van der Waals surface area contributed by atoms with Crippen molar-refractivity contribution in [3.8, 4) is 5.75 Å². The van der Waals surface area contributed by atoms with E-state index in [1.165, 1.54) is 0 Å². The van der Waals surface area contributed by atoms with Gasteiger partial charge in [-0.15, -0.1) is 0 Å². The Morgan fingerprint density at radius 1 is 1.16 bits per heavy atom. The summed E-state index contributed by atoms with van der Waals surface area (Å²) in [5.41, 5.74) is 1.71. The second kappa shape index (κ2) is 7.25. The number of fused-ring (bicyclic) bond motifs is 1. The van der Waals surface area contributed by atoms with Crippen LogP contribution in [0, 0.1) is 6.92 Å². The minimum absolute atomic E-state index is 0.0502. The number of ether oxygens (including phenoxy) is 1. The number of nitrogens with zero attached hydrogens (tertiary/aromatic N) is 1. The normalized spacial score (nSPS) is 13.9. The molecule has 0 saturated heterocycles. The number of hydrogen-bond acceptors (Lipinski definition) is 4. The summed E-state index contributed by atoms with van der Waals surface area (Å²) in [6.07, 6.45) is 0.0828. The standard InChI is InChI=1S/C18H20N2O4S/c1-14-6-8-15(9-7-14)25(22,23)19-11-10-18(21)20-12-13-24-17-5-3-2-4-16(17)20/h2-9,19H,10-13H2,1H3. The number of anilines is 1. The minimum Gasteiger partial charge on any atom is -0.490 e. The zero-order valence-electron chi connectivity index (χ0n) is 13.9. The molecule has 1 heterocycles. The smallest absolute Gasteiger partial charge is 0.240 e. The van der Waals surface area contributed by atoms with Gasteiger partial charge in [0.05, 0.1) is 17.1 Å². The van der Waals surface area contributed by atoms with E-state index in [1.807, 2.05) is 31.2 Å². The Hall–Kier alpha value is -2.38. The molecule has 0 unspecified atom stereocenters. The fraction of sp³-hybridized carbons (Fsp3) is 0.278. The van der Waals surface area contributed by atoms with Crippen LogP contribution in [-0.2, 0) is 14.8 Å². The van der Waals surface area contributed by atoms with Gasteiger partial charge in [0.2, 0.25) is 15.9 Å². The molecule has 1 N–H and O–H groups in total. The summed E-state index contributed by atoms with van der Waals surface area (Å²) >= 11 is 0. The molecule has 1 aliphatic rings. The van der Waals surface area contributed by atoms with Gasteiger partial charge < -0.3 is 9.64 Å². The van der Waals surface area contributed by atoms with Gasteiger partial charge in [-0.05, 0) is 31.2 Å². The molecule has 2 aromatic carbocycles. The van der Waals surface area contributed by atoms with Crippen LogP contribution in [0.15, 0.2) is 53.4 Å². The minimum atomic E-state index is -3.61. The predicted octanol–water partition coefficient (Wildman–Crippen LogP) is 2.09. The molecule has 0 fully saturated rings. The number of rotatable bonds is 5. The second-order valence-electron chi connectivity index (χ2n) is 5.82. The van der Waals surface area contributed by atoms with E-state index in [0.717, 1.165) is 11.3 Å². The summed E-state index contributed by atoms with van der Waals surface area (Å²) in [5, 5.41) is 0. The molecule has 132 valence electrons. The molecular weight excluding hydrogens is 340 g/mol. The number of nitrogens with one attached hydrogen (secondary N) is 1. The lowest BCUT2D eigenvalue weighted by Crippen LogP contribution is -2.39. The third-order valence-electron chi connectivity index (χ3n) is 3.99. The Balaban J connectivity index is 1.61. The van der Waals surface area contributed by atoms with Crippen molar-refractivity contribution in [2.24, 2.45) is 0 Å². The van der Waals surface area contributed by atoms with Gasteiger partial charge in [-0.1, -0.05) is 29.8 Å². The highest BCUT2D eigenvalue weighted by atomic mass is 32.2. The number of sulfonamides is 1. The van der Waals surface area contributed by atoms with Crippen LogP contribution in [0.25, 0.3) is 0 Å². The molecule has 0 aliphatic carbocycles. The van der Waals surface area contributed by atoms with Gasteiger partial charge in [0, 0.05) is 13.0 Å². The highest BCUT2D eigenvalue weighted by Crippen LogP contribution is 2.31. The van der Waals surface area contributed by atoms with Crippen molar-refractivity contribution in [2.75, 3.05) is 24.6 Å². The Morgan fingerprint density at radius 2 is 1.88 bits per heavy atom. The van der Waals surface area contributed by atoms with Crippen molar-refractivity contribution in [3.63, 3.8) is 0 Å². The third kappa shape index (κ3) is 4.00. The number of para-hydroxylation sites is 2. The average molecular weight is 360 g/mol. The number of hydrogen-bond donors (Lipinski definition) is 1. The average Bonchev–Trinajstić information content (AvgIpc) is 2.61. The van der Waals surface area contributed by atoms with Crippen molar-refractivity contribution in [2.45, 2.75) is 18.2 Å². The number of benzene rings is 2. The van der Waals surface area contributed by atoms with E-state index in [-0.39, 0.29) is 23.8 Å². The third-order valence-corrected chi connectivity index (χ3v) is 5.47. The zero-order chi connectivity index (χ0) is 17.9.